The van der Waals surface area contributed by atoms with Crippen molar-refractivity contribution in [3.63, 3.8) is 0 Å². The van der Waals surface area contributed by atoms with Crippen LogP contribution in [0.5, 0.6) is 0 Å². The summed E-state index contributed by atoms with van der Waals surface area (Å²) in [5.74, 6) is 0. The Bertz CT molecular complexity index is 903. The van der Waals surface area contributed by atoms with E-state index in [0.29, 0.717) is 4.08 Å². The van der Waals surface area contributed by atoms with E-state index in [-0.39, 0.29) is 21.7 Å². The van der Waals surface area contributed by atoms with Gasteiger partial charge in [0.1, 0.15) is 10.8 Å². The van der Waals surface area contributed by atoms with E-state index in [0.717, 1.165) is 6.26 Å². The molecule has 26 heavy (non-hydrogen) atoms. The number of rotatable bonds is 8. The van der Waals surface area contributed by atoms with Gasteiger partial charge in [-0.2, -0.15) is 4.08 Å². The van der Waals surface area contributed by atoms with Gasteiger partial charge in [0.15, 0.2) is 0 Å². The third-order valence-corrected chi connectivity index (χ3v) is 7.62. The second-order valence-electron chi connectivity index (χ2n) is 4.80. The van der Waals surface area contributed by atoms with Crippen molar-refractivity contribution in [2.24, 2.45) is 0 Å². The molecule has 0 aliphatic carbocycles. The third-order valence-electron chi connectivity index (χ3n) is 3.04. The van der Waals surface area contributed by atoms with Gasteiger partial charge in [-0.25, -0.2) is 13.0 Å². The van der Waals surface area contributed by atoms with Gasteiger partial charge in [-0.1, -0.05) is 59.6 Å². The van der Waals surface area contributed by atoms with E-state index in [1.807, 2.05) is 0 Å². The van der Waals surface area contributed by atoms with Crippen molar-refractivity contribution in [1.29, 1.82) is 0 Å². The quantitative estimate of drug-likeness (QED) is 0.414. The topological polar surface area (TPSA) is 72.9 Å². The Hall–Kier alpha value is -1.50. The first-order valence-electron chi connectivity index (χ1n) is 7.41. The first-order valence-corrected chi connectivity index (χ1v) is 11.1. The minimum Gasteiger partial charge on any atom is -0.414 e. The van der Waals surface area contributed by atoms with Crippen molar-refractivity contribution in [1.82, 2.24) is 0 Å². The molecule has 2 aromatic carbocycles. The highest BCUT2D eigenvalue weighted by atomic mass is 35.5. The lowest BCUT2D eigenvalue weighted by molar-refractivity contribution is 0.263. The summed E-state index contributed by atoms with van der Waals surface area (Å²) < 4.78 is 50.4. The van der Waals surface area contributed by atoms with E-state index in [4.69, 9.17) is 32.2 Å². The first kappa shape index (κ1) is 20.8. The molecule has 0 aromatic heterocycles. The second-order valence-corrected chi connectivity index (χ2v) is 9.67. The van der Waals surface area contributed by atoms with Crippen LogP contribution < -0.4 is 4.08 Å². The summed E-state index contributed by atoms with van der Waals surface area (Å²) in [7, 11) is -8.67. The van der Waals surface area contributed by atoms with Gasteiger partial charge in [-0.3, -0.25) is 4.52 Å². The molecule has 0 fully saturated rings. The zero-order valence-electron chi connectivity index (χ0n) is 13.7. The summed E-state index contributed by atoms with van der Waals surface area (Å²) in [6.07, 6.45) is 0.774. The van der Waals surface area contributed by atoms with Crippen molar-refractivity contribution in [2.75, 3.05) is 10.7 Å². The van der Waals surface area contributed by atoms with Gasteiger partial charge in [0, 0.05) is 0 Å². The summed E-state index contributed by atoms with van der Waals surface area (Å²) in [6, 6.07) is 15.4. The van der Waals surface area contributed by atoms with Gasteiger partial charge in [-0.05, 0) is 31.2 Å². The molecular formula is C16H16Cl2NO5PS. The van der Waals surface area contributed by atoms with Crippen LogP contribution in [0, 0.1) is 0 Å². The van der Waals surface area contributed by atoms with Gasteiger partial charge in [0.25, 0.3) is 10.0 Å². The van der Waals surface area contributed by atoms with Crippen LogP contribution >= 0.6 is 30.9 Å². The molecule has 140 valence electrons. The average Bonchev–Trinajstić information content (AvgIpc) is 2.62. The molecule has 2 aromatic rings. The Kier molecular flexibility index (Phi) is 7.15. The third kappa shape index (κ3) is 4.81. The standard InChI is InChI=1S/C16H16Cl2NO5PS/c1-2-23-25(20,24-13-16(17)18)19(14-9-5-3-6-10-14)26(21,22)15-11-7-4-8-12-15/h3-13H,2H2,1H3. The largest absolute Gasteiger partial charge is 0.502 e. The van der Waals surface area contributed by atoms with E-state index in [1.165, 1.54) is 24.3 Å². The summed E-state index contributed by atoms with van der Waals surface area (Å²) in [6.45, 7) is 1.49. The summed E-state index contributed by atoms with van der Waals surface area (Å²) >= 11 is 11.0. The SMILES string of the molecule is CCOP(=O)(OC=C(Cl)Cl)N(c1ccccc1)S(=O)(=O)c1ccccc1. The fourth-order valence-electron chi connectivity index (χ4n) is 2.05. The highest BCUT2D eigenvalue weighted by molar-refractivity contribution is 7.99. The lowest BCUT2D eigenvalue weighted by Crippen LogP contribution is -2.29. The van der Waals surface area contributed by atoms with E-state index in [2.05, 4.69) is 0 Å². The van der Waals surface area contributed by atoms with Crippen LogP contribution in [-0.2, 0) is 23.6 Å². The van der Waals surface area contributed by atoms with Crippen LogP contribution in [-0.4, -0.2) is 15.0 Å². The number of anilines is 1. The molecule has 1 unspecified atom stereocenters. The maximum Gasteiger partial charge on any atom is 0.502 e. The van der Waals surface area contributed by atoms with Crippen LogP contribution in [0.25, 0.3) is 0 Å². The van der Waals surface area contributed by atoms with Crippen LogP contribution in [0.1, 0.15) is 6.92 Å². The van der Waals surface area contributed by atoms with Crippen LogP contribution in [0.2, 0.25) is 0 Å². The molecule has 0 spiro atoms. The number of benzene rings is 2. The molecule has 0 aliphatic rings. The molecule has 1 atom stereocenters. The Balaban J connectivity index is 2.68. The number of para-hydroxylation sites is 1. The van der Waals surface area contributed by atoms with Crippen LogP contribution in [0.4, 0.5) is 5.69 Å². The number of hydrogen-bond donors (Lipinski definition) is 0. The summed E-state index contributed by atoms with van der Waals surface area (Å²) in [5.41, 5.74) is 0.104. The molecule has 0 radical (unpaired) electrons. The lowest BCUT2D eigenvalue weighted by Gasteiger charge is -2.29. The zero-order chi connectivity index (χ0) is 19.2. The average molecular weight is 436 g/mol. The van der Waals surface area contributed by atoms with Gasteiger partial charge in [-0.15, -0.1) is 0 Å². The van der Waals surface area contributed by atoms with Gasteiger partial charge in [0.2, 0.25) is 0 Å². The number of halogens is 2. The number of nitrogens with zero attached hydrogens (tertiary/aromatic N) is 1. The fraction of sp³-hybridized carbons (Fsp3) is 0.125. The van der Waals surface area contributed by atoms with E-state index in [1.54, 1.807) is 43.3 Å². The molecule has 0 saturated heterocycles. The molecule has 0 N–H and O–H groups in total. The summed E-state index contributed by atoms with van der Waals surface area (Å²) in [5, 5.41) is 0. The first-order chi connectivity index (χ1) is 12.3. The predicted octanol–water partition coefficient (Wildman–Crippen LogP) is 5.32. The monoisotopic (exact) mass is 435 g/mol. The fourth-order valence-corrected chi connectivity index (χ4v) is 6.19. The van der Waals surface area contributed by atoms with E-state index in [9.17, 15) is 13.0 Å². The lowest BCUT2D eigenvalue weighted by atomic mass is 10.3. The minimum absolute atomic E-state index is 0.0708. The molecule has 0 aliphatic heterocycles. The van der Waals surface area contributed by atoms with Gasteiger partial charge >= 0.3 is 7.75 Å². The van der Waals surface area contributed by atoms with Crippen molar-refractivity contribution >= 4 is 46.7 Å². The molecular weight excluding hydrogens is 420 g/mol. The molecule has 0 heterocycles. The smallest absolute Gasteiger partial charge is 0.414 e. The number of sulfonamides is 1. The van der Waals surface area contributed by atoms with Crippen molar-refractivity contribution in [3.8, 4) is 0 Å². The molecule has 6 nitrogen and oxygen atoms in total. The Morgan fingerprint density at radius 1 is 1.08 bits per heavy atom. The highest BCUT2D eigenvalue weighted by Crippen LogP contribution is 2.57. The van der Waals surface area contributed by atoms with Crippen molar-refractivity contribution < 1.29 is 22.0 Å². The van der Waals surface area contributed by atoms with E-state index >= 15 is 0 Å². The van der Waals surface area contributed by atoms with Crippen LogP contribution in [0.15, 0.2) is 76.3 Å². The predicted molar refractivity (Wildman–Crippen MR) is 103 cm³/mol. The Morgan fingerprint density at radius 2 is 1.62 bits per heavy atom. The highest BCUT2D eigenvalue weighted by Gasteiger charge is 2.44. The normalized spacial score (nSPS) is 13.5. The molecule has 0 saturated carbocycles. The Morgan fingerprint density at radius 3 is 2.12 bits per heavy atom. The summed E-state index contributed by atoms with van der Waals surface area (Å²) in [4.78, 5) is -0.0756. The van der Waals surface area contributed by atoms with E-state index < -0.39 is 17.8 Å². The second kappa shape index (κ2) is 8.93. The molecule has 2 rings (SSSR count). The van der Waals surface area contributed by atoms with Gasteiger partial charge < -0.3 is 4.52 Å². The molecule has 10 heteroatoms. The molecule has 0 amide bonds. The number of hydrogen-bond acceptors (Lipinski definition) is 5. The maximum absolute atomic E-state index is 13.4. The van der Waals surface area contributed by atoms with Crippen molar-refractivity contribution in [3.05, 3.63) is 71.4 Å². The Labute approximate surface area is 162 Å². The minimum atomic E-state index is -4.39. The zero-order valence-corrected chi connectivity index (χ0v) is 16.9. The maximum atomic E-state index is 13.4. The molecule has 0 bridgehead atoms. The van der Waals surface area contributed by atoms with Crippen molar-refractivity contribution in [2.45, 2.75) is 11.8 Å². The van der Waals surface area contributed by atoms with Gasteiger partial charge in [0.05, 0.1) is 17.2 Å². The van der Waals surface area contributed by atoms with Crippen LogP contribution in [0.3, 0.4) is 0 Å².